The highest BCUT2D eigenvalue weighted by Crippen LogP contribution is 2.37. The summed E-state index contributed by atoms with van der Waals surface area (Å²) >= 11 is 0. The van der Waals surface area contributed by atoms with E-state index in [9.17, 15) is 4.79 Å². The van der Waals surface area contributed by atoms with Crippen molar-refractivity contribution in [3.63, 3.8) is 0 Å². The number of nitrogens with zero attached hydrogens (tertiary/aromatic N) is 3. The van der Waals surface area contributed by atoms with Crippen molar-refractivity contribution in [2.75, 3.05) is 13.7 Å². The molecule has 0 aliphatic heterocycles. The van der Waals surface area contributed by atoms with Crippen LogP contribution in [0, 0.1) is 5.92 Å². The molecular formula is C32H35N3O5. The lowest BCUT2D eigenvalue weighted by molar-refractivity contribution is -0.119. The van der Waals surface area contributed by atoms with Crippen LogP contribution in [0.15, 0.2) is 102 Å². The van der Waals surface area contributed by atoms with E-state index in [-0.39, 0.29) is 30.2 Å². The summed E-state index contributed by atoms with van der Waals surface area (Å²) in [6.07, 6.45) is 2.31. The second-order valence-electron chi connectivity index (χ2n) is 10.0. The molecule has 0 spiro atoms. The Balaban J connectivity index is 1.38. The summed E-state index contributed by atoms with van der Waals surface area (Å²) in [5, 5.41) is 0. The fraction of sp³-hybridized carbons (Fsp3) is 0.344. The second kappa shape index (κ2) is 14.0. The van der Waals surface area contributed by atoms with Crippen molar-refractivity contribution >= 4 is 0 Å². The van der Waals surface area contributed by atoms with Crippen LogP contribution in [0.4, 0.5) is 0 Å². The molecule has 0 radical (unpaired) electrons. The maximum Gasteiger partial charge on any atom is 0.353 e. The summed E-state index contributed by atoms with van der Waals surface area (Å²) in [7, 11) is 1.44. The van der Waals surface area contributed by atoms with Gasteiger partial charge >= 0.3 is 11.7 Å². The van der Waals surface area contributed by atoms with Gasteiger partial charge in [0.15, 0.2) is 0 Å². The summed E-state index contributed by atoms with van der Waals surface area (Å²) in [6, 6.07) is 30.0. The Hall–Kier alpha value is -3.85. The van der Waals surface area contributed by atoms with E-state index in [2.05, 4.69) is 34.2 Å². The van der Waals surface area contributed by atoms with Crippen molar-refractivity contribution in [3.05, 3.63) is 124 Å². The van der Waals surface area contributed by atoms with Gasteiger partial charge in [-0.05, 0) is 23.1 Å². The van der Waals surface area contributed by atoms with Crippen LogP contribution in [0.5, 0.6) is 6.01 Å². The van der Waals surface area contributed by atoms with Gasteiger partial charge in [-0.15, -0.1) is 4.98 Å². The number of benzene rings is 3. The van der Waals surface area contributed by atoms with Crippen molar-refractivity contribution in [2.24, 2.45) is 5.92 Å². The molecular weight excluding hydrogens is 506 g/mol. The molecule has 8 nitrogen and oxygen atoms in total. The monoisotopic (exact) mass is 541 g/mol. The topological polar surface area (TPSA) is 84.7 Å². The van der Waals surface area contributed by atoms with Crippen LogP contribution in [0.1, 0.15) is 35.6 Å². The number of hydrogen-bond donors (Lipinski definition) is 0. The largest absolute Gasteiger partial charge is 0.467 e. The van der Waals surface area contributed by atoms with E-state index < -0.39 is 5.69 Å². The molecule has 3 aromatic carbocycles. The third-order valence-electron chi connectivity index (χ3n) is 7.27. The highest BCUT2D eigenvalue weighted by molar-refractivity contribution is 5.15. The highest BCUT2D eigenvalue weighted by atomic mass is 16.5. The fourth-order valence-corrected chi connectivity index (χ4v) is 5.16. The lowest BCUT2D eigenvalue weighted by Crippen LogP contribution is -2.46. The number of methoxy groups -OCH3 is 1. The zero-order chi connectivity index (χ0) is 27.6. The summed E-state index contributed by atoms with van der Waals surface area (Å²) in [4.78, 5) is 21.2. The Labute approximate surface area is 234 Å². The van der Waals surface area contributed by atoms with Gasteiger partial charge in [0, 0.05) is 12.3 Å². The summed E-state index contributed by atoms with van der Waals surface area (Å²) in [5.41, 5.74) is 2.86. The van der Waals surface area contributed by atoms with Gasteiger partial charge in [0.2, 0.25) is 0 Å². The molecule has 1 heterocycles. The van der Waals surface area contributed by atoms with E-state index in [1.807, 2.05) is 66.7 Å². The molecule has 208 valence electrons. The van der Waals surface area contributed by atoms with Crippen LogP contribution in [0.2, 0.25) is 0 Å². The maximum absolute atomic E-state index is 13.0. The van der Waals surface area contributed by atoms with E-state index in [0.29, 0.717) is 39.3 Å². The molecule has 4 atom stereocenters. The molecule has 1 saturated carbocycles. The molecule has 40 heavy (non-hydrogen) atoms. The van der Waals surface area contributed by atoms with Gasteiger partial charge in [0.1, 0.15) is 6.33 Å². The first-order valence-corrected chi connectivity index (χ1v) is 13.6. The van der Waals surface area contributed by atoms with E-state index in [4.69, 9.17) is 18.9 Å². The minimum atomic E-state index is -0.419. The molecule has 5 rings (SSSR count). The van der Waals surface area contributed by atoms with Crippen molar-refractivity contribution in [2.45, 2.75) is 50.9 Å². The lowest BCUT2D eigenvalue weighted by Gasteiger charge is -2.41. The zero-order valence-corrected chi connectivity index (χ0v) is 22.7. The summed E-state index contributed by atoms with van der Waals surface area (Å²) in [5.74, 6) is 0.0306. The van der Waals surface area contributed by atoms with Gasteiger partial charge in [-0.1, -0.05) is 91.0 Å². The normalized spacial score (nSPS) is 20.7. The van der Waals surface area contributed by atoms with Crippen LogP contribution in [-0.4, -0.2) is 40.5 Å². The van der Waals surface area contributed by atoms with Crippen LogP contribution in [0.3, 0.4) is 0 Å². The first-order valence-electron chi connectivity index (χ1n) is 13.6. The molecule has 8 heteroatoms. The Morgan fingerprint density at radius 2 is 1.30 bits per heavy atom. The van der Waals surface area contributed by atoms with Crippen molar-refractivity contribution < 1.29 is 18.9 Å². The van der Waals surface area contributed by atoms with Crippen LogP contribution < -0.4 is 10.4 Å². The number of rotatable bonds is 12. The Bertz CT molecular complexity index is 1370. The fourth-order valence-electron chi connectivity index (χ4n) is 5.16. The second-order valence-corrected chi connectivity index (χ2v) is 10.0. The number of hydrogen-bond acceptors (Lipinski definition) is 7. The number of ether oxygens (including phenoxy) is 4. The molecule has 1 aromatic heterocycles. The molecule has 0 N–H and O–H groups in total. The Morgan fingerprint density at radius 1 is 0.750 bits per heavy atom. The predicted octanol–water partition coefficient (Wildman–Crippen LogP) is 4.99. The molecule has 0 bridgehead atoms. The lowest BCUT2D eigenvalue weighted by atomic mass is 9.81. The first-order chi connectivity index (χ1) is 19.7. The molecule has 4 aromatic rings. The Morgan fingerprint density at radius 3 is 1.85 bits per heavy atom. The van der Waals surface area contributed by atoms with E-state index in [1.54, 1.807) is 4.57 Å². The average molecular weight is 542 g/mol. The van der Waals surface area contributed by atoms with Gasteiger partial charge in [0.05, 0.1) is 51.8 Å². The van der Waals surface area contributed by atoms with E-state index >= 15 is 0 Å². The van der Waals surface area contributed by atoms with Gasteiger partial charge in [-0.3, -0.25) is 4.57 Å². The SMILES string of the molecule is COc1ncn([C@@H]2C[C@H](COCc3ccccc3)C(OCc3ccccc3)C[C@@H]2OCc2ccccc2)c(=O)n1. The quantitative estimate of drug-likeness (QED) is 0.250. The first kappa shape index (κ1) is 27.7. The summed E-state index contributed by atoms with van der Waals surface area (Å²) < 4.78 is 25.8. The summed E-state index contributed by atoms with van der Waals surface area (Å²) in [6.45, 7) is 1.91. The molecule has 0 amide bonds. The highest BCUT2D eigenvalue weighted by Gasteiger charge is 2.40. The van der Waals surface area contributed by atoms with Crippen LogP contribution in [-0.2, 0) is 34.0 Å². The van der Waals surface area contributed by atoms with Crippen molar-refractivity contribution in [1.82, 2.24) is 14.5 Å². The zero-order valence-electron chi connectivity index (χ0n) is 22.7. The van der Waals surface area contributed by atoms with Gasteiger partial charge in [0.25, 0.3) is 0 Å². The standard InChI is InChI=1S/C32H35N3O5/c1-37-31-33-23-35(32(36)34-31)28-17-27(22-38-19-24-11-5-2-6-12-24)29(39-20-25-13-7-3-8-14-25)18-30(28)40-21-26-15-9-4-10-16-26/h2-16,23,27-30H,17-22H2,1H3/t27-,28-,29?,30+/m1/s1. The Kier molecular flexibility index (Phi) is 9.68. The van der Waals surface area contributed by atoms with Crippen LogP contribution in [0.25, 0.3) is 0 Å². The maximum atomic E-state index is 13.0. The average Bonchev–Trinajstić information content (AvgIpc) is 3.01. The molecule has 1 fully saturated rings. The molecule has 1 aliphatic rings. The van der Waals surface area contributed by atoms with Crippen molar-refractivity contribution in [1.29, 1.82) is 0 Å². The predicted molar refractivity (Wildman–Crippen MR) is 151 cm³/mol. The molecule has 1 aliphatic carbocycles. The minimum Gasteiger partial charge on any atom is -0.467 e. The van der Waals surface area contributed by atoms with E-state index in [1.165, 1.54) is 13.4 Å². The molecule has 1 unspecified atom stereocenters. The van der Waals surface area contributed by atoms with E-state index in [0.717, 1.165) is 16.7 Å². The van der Waals surface area contributed by atoms with Crippen molar-refractivity contribution in [3.8, 4) is 6.01 Å². The van der Waals surface area contributed by atoms with Gasteiger partial charge < -0.3 is 18.9 Å². The van der Waals surface area contributed by atoms with Gasteiger partial charge in [-0.2, -0.15) is 4.98 Å². The number of aromatic nitrogens is 3. The smallest absolute Gasteiger partial charge is 0.353 e. The minimum absolute atomic E-state index is 0.0306. The third-order valence-corrected chi connectivity index (χ3v) is 7.27. The molecule has 0 saturated heterocycles. The van der Waals surface area contributed by atoms with Crippen LogP contribution >= 0.6 is 0 Å². The van der Waals surface area contributed by atoms with Gasteiger partial charge in [-0.25, -0.2) is 4.79 Å². The third kappa shape index (κ3) is 7.41.